The van der Waals surface area contributed by atoms with Crippen molar-refractivity contribution in [1.82, 2.24) is 9.71 Å². The molecule has 1 aromatic heterocycles. The van der Waals surface area contributed by atoms with Crippen molar-refractivity contribution in [3.05, 3.63) is 40.4 Å². The standard InChI is InChI=1S/C16H15N3O6/c1-23-13-6-9(7-14(24-2)15(13)25-3)16-17-11-5-4-10(19(21)22)8-12(11)18(16)20/h4-8,20H,1-3H3. The third-order valence-electron chi connectivity index (χ3n) is 3.75. The Morgan fingerprint density at radius 2 is 1.72 bits per heavy atom. The highest BCUT2D eigenvalue weighted by molar-refractivity contribution is 5.83. The molecule has 0 fully saturated rings. The smallest absolute Gasteiger partial charge is 0.271 e. The minimum absolute atomic E-state index is 0.140. The topological polar surface area (TPSA) is 109 Å². The molecule has 3 aromatic rings. The number of hydrogen-bond acceptors (Lipinski definition) is 7. The number of fused-ring (bicyclic) bond motifs is 1. The van der Waals surface area contributed by atoms with Crippen molar-refractivity contribution < 1.29 is 24.3 Å². The van der Waals surface area contributed by atoms with Gasteiger partial charge in [-0.15, -0.1) is 0 Å². The van der Waals surface area contributed by atoms with E-state index in [-0.39, 0.29) is 17.0 Å². The van der Waals surface area contributed by atoms with Crippen LogP contribution in [0.15, 0.2) is 30.3 Å². The van der Waals surface area contributed by atoms with Crippen molar-refractivity contribution in [1.29, 1.82) is 0 Å². The van der Waals surface area contributed by atoms with Crippen LogP contribution in [0.2, 0.25) is 0 Å². The van der Waals surface area contributed by atoms with E-state index >= 15 is 0 Å². The highest BCUT2D eigenvalue weighted by Gasteiger charge is 2.20. The molecule has 2 aromatic carbocycles. The maximum Gasteiger partial charge on any atom is 0.271 e. The average molecular weight is 345 g/mol. The number of imidazole rings is 1. The van der Waals surface area contributed by atoms with Crippen LogP contribution in [-0.4, -0.2) is 41.2 Å². The summed E-state index contributed by atoms with van der Waals surface area (Å²) in [5.74, 6) is 1.39. The Morgan fingerprint density at radius 1 is 1.08 bits per heavy atom. The SMILES string of the molecule is COc1cc(-c2nc3ccc([N+](=O)[O-])cc3n2O)cc(OC)c1OC. The number of nitro benzene ring substituents is 1. The molecule has 0 amide bonds. The summed E-state index contributed by atoms with van der Waals surface area (Å²) < 4.78 is 16.6. The molecule has 0 spiro atoms. The number of benzene rings is 2. The summed E-state index contributed by atoms with van der Waals surface area (Å²) in [5.41, 5.74) is 0.991. The number of rotatable bonds is 5. The highest BCUT2D eigenvalue weighted by atomic mass is 16.6. The molecule has 0 radical (unpaired) electrons. The zero-order valence-electron chi connectivity index (χ0n) is 13.7. The molecule has 0 aliphatic carbocycles. The monoisotopic (exact) mass is 345 g/mol. The second-order valence-electron chi connectivity index (χ2n) is 5.09. The Kier molecular flexibility index (Phi) is 4.05. The molecule has 9 heteroatoms. The molecule has 0 saturated heterocycles. The van der Waals surface area contributed by atoms with Crippen LogP contribution < -0.4 is 14.2 Å². The molecular weight excluding hydrogens is 330 g/mol. The van der Waals surface area contributed by atoms with Crippen LogP contribution in [0.5, 0.6) is 17.2 Å². The quantitative estimate of drug-likeness (QED) is 0.430. The predicted molar refractivity (Wildman–Crippen MR) is 88.7 cm³/mol. The largest absolute Gasteiger partial charge is 0.493 e. The van der Waals surface area contributed by atoms with E-state index < -0.39 is 4.92 Å². The summed E-state index contributed by atoms with van der Waals surface area (Å²) in [7, 11) is 4.44. The first kappa shape index (κ1) is 16.4. The maximum atomic E-state index is 10.9. The molecule has 1 N–H and O–H groups in total. The van der Waals surface area contributed by atoms with E-state index in [0.717, 1.165) is 4.73 Å². The Hall–Kier alpha value is -3.49. The molecule has 0 bridgehead atoms. The van der Waals surface area contributed by atoms with Gasteiger partial charge in [0.15, 0.2) is 17.3 Å². The second kappa shape index (κ2) is 6.19. The first-order valence-electron chi connectivity index (χ1n) is 7.16. The van der Waals surface area contributed by atoms with E-state index in [1.165, 1.54) is 39.5 Å². The lowest BCUT2D eigenvalue weighted by Gasteiger charge is -2.13. The van der Waals surface area contributed by atoms with Crippen molar-refractivity contribution in [2.24, 2.45) is 0 Å². The molecule has 0 aliphatic heterocycles. The van der Waals surface area contributed by atoms with Gasteiger partial charge in [-0.1, -0.05) is 0 Å². The van der Waals surface area contributed by atoms with Gasteiger partial charge in [-0.3, -0.25) is 10.1 Å². The van der Waals surface area contributed by atoms with Gasteiger partial charge in [-0.25, -0.2) is 4.98 Å². The molecule has 1 heterocycles. The van der Waals surface area contributed by atoms with Gasteiger partial charge in [0.05, 0.1) is 31.8 Å². The second-order valence-corrected chi connectivity index (χ2v) is 5.09. The Morgan fingerprint density at radius 3 is 2.24 bits per heavy atom. The van der Waals surface area contributed by atoms with E-state index in [0.29, 0.717) is 28.3 Å². The van der Waals surface area contributed by atoms with E-state index in [9.17, 15) is 15.3 Å². The minimum Gasteiger partial charge on any atom is -0.493 e. The highest BCUT2D eigenvalue weighted by Crippen LogP contribution is 2.41. The maximum absolute atomic E-state index is 10.9. The molecule has 0 unspecified atom stereocenters. The summed E-state index contributed by atoms with van der Waals surface area (Å²) in [6.07, 6.45) is 0. The van der Waals surface area contributed by atoms with Crippen LogP contribution in [0.4, 0.5) is 5.69 Å². The number of hydrogen-bond donors (Lipinski definition) is 1. The molecule has 25 heavy (non-hydrogen) atoms. The summed E-state index contributed by atoms with van der Waals surface area (Å²) in [4.78, 5) is 14.7. The van der Waals surface area contributed by atoms with Crippen molar-refractivity contribution in [3.8, 4) is 28.6 Å². The fourth-order valence-corrected chi connectivity index (χ4v) is 2.56. The zero-order valence-corrected chi connectivity index (χ0v) is 13.7. The Balaban J connectivity index is 2.22. The fourth-order valence-electron chi connectivity index (χ4n) is 2.56. The summed E-state index contributed by atoms with van der Waals surface area (Å²) in [5, 5.41) is 21.3. The van der Waals surface area contributed by atoms with Gasteiger partial charge in [0.2, 0.25) is 5.75 Å². The van der Waals surface area contributed by atoms with Crippen LogP contribution in [0.3, 0.4) is 0 Å². The van der Waals surface area contributed by atoms with Gasteiger partial charge in [-0.2, -0.15) is 4.73 Å². The molecule has 3 rings (SSSR count). The first-order valence-corrected chi connectivity index (χ1v) is 7.16. The molecule has 0 aliphatic rings. The van der Waals surface area contributed by atoms with Gasteiger partial charge in [0.1, 0.15) is 5.52 Å². The molecular formula is C16H15N3O6. The van der Waals surface area contributed by atoms with E-state index in [2.05, 4.69) is 4.98 Å². The molecule has 9 nitrogen and oxygen atoms in total. The van der Waals surface area contributed by atoms with Crippen molar-refractivity contribution in [3.63, 3.8) is 0 Å². The third-order valence-corrected chi connectivity index (χ3v) is 3.75. The number of aromatic nitrogens is 2. The summed E-state index contributed by atoms with van der Waals surface area (Å²) in [6.45, 7) is 0. The number of nitrogens with zero attached hydrogens (tertiary/aromatic N) is 3. The lowest BCUT2D eigenvalue weighted by molar-refractivity contribution is -0.384. The van der Waals surface area contributed by atoms with Gasteiger partial charge >= 0.3 is 0 Å². The molecule has 130 valence electrons. The molecule has 0 atom stereocenters. The van der Waals surface area contributed by atoms with E-state index in [1.807, 2.05) is 0 Å². The van der Waals surface area contributed by atoms with Crippen LogP contribution in [0.1, 0.15) is 0 Å². The first-order chi connectivity index (χ1) is 12.0. The van der Waals surface area contributed by atoms with Crippen LogP contribution in [-0.2, 0) is 0 Å². The summed E-state index contributed by atoms with van der Waals surface area (Å²) in [6, 6.07) is 7.31. The van der Waals surface area contributed by atoms with Crippen LogP contribution in [0, 0.1) is 10.1 Å². The fraction of sp³-hybridized carbons (Fsp3) is 0.188. The Labute approximate surface area is 142 Å². The van der Waals surface area contributed by atoms with Crippen molar-refractivity contribution >= 4 is 16.7 Å². The number of methoxy groups -OCH3 is 3. The van der Waals surface area contributed by atoms with Crippen molar-refractivity contribution in [2.75, 3.05) is 21.3 Å². The molecule has 0 saturated carbocycles. The Bertz CT molecular complexity index is 941. The van der Waals surface area contributed by atoms with E-state index in [1.54, 1.807) is 12.1 Å². The third kappa shape index (κ3) is 2.65. The van der Waals surface area contributed by atoms with Gasteiger partial charge < -0.3 is 19.4 Å². The van der Waals surface area contributed by atoms with E-state index in [4.69, 9.17) is 14.2 Å². The lowest BCUT2D eigenvalue weighted by atomic mass is 10.1. The van der Waals surface area contributed by atoms with Gasteiger partial charge in [-0.05, 0) is 18.2 Å². The predicted octanol–water partition coefficient (Wildman–Crippen LogP) is 2.87. The zero-order chi connectivity index (χ0) is 18.1. The van der Waals surface area contributed by atoms with Gasteiger partial charge in [0.25, 0.3) is 5.69 Å². The van der Waals surface area contributed by atoms with Crippen LogP contribution in [0.25, 0.3) is 22.4 Å². The number of ether oxygens (including phenoxy) is 3. The number of non-ortho nitro benzene ring substituents is 1. The number of nitro groups is 1. The van der Waals surface area contributed by atoms with Gasteiger partial charge in [0, 0.05) is 17.7 Å². The van der Waals surface area contributed by atoms with Crippen LogP contribution >= 0.6 is 0 Å². The normalized spacial score (nSPS) is 10.7. The average Bonchev–Trinajstić information content (AvgIpc) is 2.96. The minimum atomic E-state index is -0.536. The summed E-state index contributed by atoms with van der Waals surface area (Å²) >= 11 is 0. The van der Waals surface area contributed by atoms with Crippen molar-refractivity contribution in [2.45, 2.75) is 0 Å². The lowest BCUT2D eigenvalue weighted by Crippen LogP contribution is -1.99.